The van der Waals surface area contributed by atoms with Crippen LogP contribution in [0.3, 0.4) is 0 Å². The van der Waals surface area contributed by atoms with Crippen molar-refractivity contribution in [3.8, 4) is 0 Å². The lowest BCUT2D eigenvalue weighted by molar-refractivity contribution is -0.139. The molecule has 0 saturated heterocycles. The van der Waals surface area contributed by atoms with E-state index in [-0.39, 0.29) is 16.9 Å². The van der Waals surface area contributed by atoms with Gasteiger partial charge in [0.05, 0.1) is 31.6 Å². The van der Waals surface area contributed by atoms with Gasteiger partial charge in [-0.2, -0.15) is 0 Å². The Balaban J connectivity index is 3.34. The molecule has 0 radical (unpaired) electrons. The zero-order valence-electron chi connectivity index (χ0n) is 12.8. The van der Waals surface area contributed by atoms with Crippen molar-refractivity contribution in [3.05, 3.63) is 47.6 Å². The Hall–Kier alpha value is -2.83. The number of esters is 2. The maximum absolute atomic E-state index is 12.1. The number of hydrogen-bond donors (Lipinski definition) is 0. The smallest absolute Gasteiger partial charge is 0.340 e. The topological polar surface area (TPSA) is 86.0 Å². The van der Waals surface area contributed by atoms with Crippen LogP contribution in [0.25, 0.3) is 0 Å². The Morgan fingerprint density at radius 2 is 1.68 bits per heavy atom. The van der Waals surface area contributed by atoms with Gasteiger partial charge in [0, 0.05) is 26.4 Å². The van der Waals surface area contributed by atoms with Gasteiger partial charge in [-0.1, -0.05) is 0 Å². The summed E-state index contributed by atoms with van der Waals surface area (Å²) in [6.45, 7) is 0. The van der Waals surface area contributed by atoms with Crippen LogP contribution in [0.2, 0.25) is 0 Å². The molecule has 1 aromatic heterocycles. The second-order valence-electron chi connectivity index (χ2n) is 4.39. The normalized spacial score (nSPS) is 11.8. The molecule has 0 bridgehead atoms. The largest absolute Gasteiger partial charge is 0.465 e. The molecule has 0 spiro atoms. The summed E-state index contributed by atoms with van der Waals surface area (Å²) in [5.74, 6) is -2.13. The molecule has 0 aromatic carbocycles. The lowest BCUT2D eigenvalue weighted by atomic mass is 10.0. The number of carbonyl (C=O) groups is 3. The van der Waals surface area contributed by atoms with Gasteiger partial charge in [0.15, 0.2) is 5.76 Å². The van der Waals surface area contributed by atoms with Crippen LogP contribution in [0.15, 0.2) is 46.2 Å². The lowest BCUT2D eigenvalue weighted by Crippen LogP contribution is -2.19. The van der Waals surface area contributed by atoms with Crippen molar-refractivity contribution in [1.29, 1.82) is 0 Å². The van der Waals surface area contributed by atoms with E-state index in [0.717, 1.165) is 13.2 Å². The summed E-state index contributed by atoms with van der Waals surface area (Å²) in [5, 5.41) is 0. The van der Waals surface area contributed by atoms with Gasteiger partial charge in [0.1, 0.15) is 0 Å². The number of methoxy groups -OCH3 is 2. The van der Waals surface area contributed by atoms with E-state index in [0.29, 0.717) is 0 Å². The summed E-state index contributed by atoms with van der Waals surface area (Å²) >= 11 is 0. The van der Waals surface area contributed by atoms with Crippen molar-refractivity contribution in [2.24, 2.45) is 0 Å². The van der Waals surface area contributed by atoms with Crippen molar-refractivity contribution < 1.29 is 28.3 Å². The number of hydrogen-bond acceptors (Lipinski definition) is 7. The van der Waals surface area contributed by atoms with Crippen molar-refractivity contribution in [3.63, 3.8) is 0 Å². The lowest BCUT2D eigenvalue weighted by Gasteiger charge is -2.12. The predicted molar refractivity (Wildman–Crippen MR) is 76.9 cm³/mol. The highest BCUT2D eigenvalue weighted by Crippen LogP contribution is 2.16. The molecular formula is C15H17NO6. The number of ether oxygens (including phenoxy) is 2. The third-order valence-electron chi connectivity index (χ3n) is 2.53. The summed E-state index contributed by atoms with van der Waals surface area (Å²) in [5.41, 5.74) is -0.316. The van der Waals surface area contributed by atoms with E-state index in [1.54, 1.807) is 19.0 Å². The standard InChI is InChI=1S/C15H17NO6/c1-16(2)9-11(15(19)21-4)10(14(18)20-3)8-12(17)13-6-5-7-22-13/h5-9H,1-4H3/b10-8+,11-9-. The Kier molecular flexibility index (Phi) is 6.12. The minimum absolute atomic E-state index is 0.0375. The second-order valence-corrected chi connectivity index (χ2v) is 4.39. The molecule has 1 aromatic rings. The zero-order chi connectivity index (χ0) is 16.7. The fourth-order valence-electron chi connectivity index (χ4n) is 1.58. The van der Waals surface area contributed by atoms with Gasteiger partial charge < -0.3 is 18.8 Å². The monoisotopic (exact) mass is 307 g/mol. The van der Waals surface area contributed by atoms with Crippen molar-refractivity contribution in [1.82, 2.24) is 4.90 Å². The molecule has 1 rings (SSSR count). The molecule has 0 atom stereocenters. The summed E-state index contributed by atoms with van der Waals surface area (Å²) in [6, 6.07) is 2.98. The molecule has 7 nitrogen and oxygen atoms in total. The van der Waals surface area contributed by atoms with Gasteiger partial charge in [-0.3, -0.25) is 4.79 Å². The van der Waals surface area contributed by atoms with E-state index in [9.17, 15) is 14.4 Å². The molecule has 0 aliphatic rings. The third kappa shape index (κ3) is 4.34. The Labute approximate surface area is 127 Å². The molecule has 7 heteroatoms. The number of nitrogens with zero attached hydrogens (tertiary/aromatic N) is 1. The molecule has 0 saturated carbocycles. The zero-order valence-corrected chi connectivity index (χ0v) is 12.8. The molecule has 0 aliphatic heterocycles. The SMILES string of the molecule is COC(=O)C(=C\N(C)C)/C(=C\C(=O)c1ccco1)C(=O)OC. The first kappa shape index (κ1) is 17.2. The molecule has 1 heterocycles. The molecule has 0 N–H and O–H groups in total. The average Bonchev–Trinajstić information content (AvgIpc) is 3.03. The molecule has 0 fully saturated rings. The first-order valence-corrected chi connectivity index (χ1v) is 6.25. The Morgan fingerprint density at radius 1 is 1.09 bits per heavy atom. The van der Waals surface area contributed by atoms with Crippen molar-refractivity contribution >= 4 is 17.7 Å². The number of carbonyl (C=O) groups excluding carboxylic acids is 3. The van der Waals surface area contributed by atoms with Crippen LogP contribution in [-0.4, -0.2) is 50.9 Å². The molecule has 0 amide bonds. The van der Waals surface area contributed by atoms with Gasteiger partial charge in [-0.15, -0.1) is 0 Å². The van der Waals surface area contributed by atoms with E-state index in [1.165, 1.54) is 31.7 Å². The fourth-order valence-corrected chi connectivity index (χ4v) is 1.58. The summed E-state index contributed by atoms with van der Waals surface area (Å²) in [7, 11) is 5.64. The second kappa shape index (κ2) is 7.82. The van der Waals surface area contributed by atoms with Gasteiger partial charge in [-0.05, 0) is 12.1 Å². The van der Waals surface area contributed by atoms with E-state index in [2.05, 4.69) is 9.47 Å². The van der Waals surface area contributed by atoms with Gasteiger partial charge in [-0.25, -0.2) is 9.59 Å². The molecule has 22 heavy (non-hydrogen) atoms. The summed E-state index contributed by atoms with van der Waals surface area (Å²) < 4.78 is 14.2. The summed E-state index contributed by atoms with van der Waals surface area (Å²) in [4.78, 5) is 37.4. The predicted octanol–water partition coefficient (Wildman–Crippen LogP) is 1.18. The fraction of sp³-hybridized carbons (Fsp3) is 0.267. The van der Waals surface area contributed by atoms with Crippen LogP contribution in [0.4, 0.5) is 0 Å². The van der Waals surface area contributed by atoms with Crippen LogP contribution in [0, 0.1) is 0 Å². The minimum Gasteiger partial charge on any atom is -0.465 e. The number of allylic oxidation sites excluding steroid dienone is 1. The number of rotatable bonds is 6. The Morgan fingerprint density at radius 3 is 2.14 bits per heavy atom. The highest BCUT2D eigenvalue weighted by molar-refractivity contribution is 6.13. The highest BCUT2D eigenvalue weighted by Gasteiger charge is 2.24. The Bertz CT molecular complexity index is 610. The van der Waals surface area contributed by atoms with Crippen molar-refractivity contribution in [2.45, 2.75) is 0 Å². The highest BCUT2D eigenvalue weighted by atomic mass is 16.5. The maximum Gasteiger partial charge on any atom is 0.340 e. The van der Waals surface area contributed by atoms with E-state index >= 15 is 0 Å². The minimum atomic E-state index is -0.835. The van der Waals surface area contributed by atoms with Crippen molar-refractivity contribution in [2.75, 3.05) is 28.3 Å². The first-order valence-electron chi connectivity index (χ1n) is 6.25. The third-order valence-corrected chi connectivity index (χ3v) is 2.53. The van der Waals surface area contributed by atoms with Crippen LogP contribution in [0.5, 0.6) is 0 Å². The van der Waals surface area contributed by atoms with Crippen LogP contribution >= 0.6 is 0 Å². The van der Waals surface area contributed by atoms with Crippen LogP contribution in [-0.2, 0) is 19.1 Å². The van der Waals surface area contributed by atoms with Gasteiger partial charge in [0.25, 0.3) is 0 Å². The first-order chi connectivity index (χ1) is 10.4. The number of furan rings is 1. The quantitative estimate of drug-likeness (QED) is 0.337. The van der Waals surface area contributed by atoms with Crippen LogP contribution < -0.4 is 0 Å². The summed E-state index contributed by atoms with van der Waals surface area (Å²) in [6.07, 6.45) is 3.68. The van der Waals surface area contributed by atoms with Crippen LogP contribution in [0.1, 0.15) is 10.6 Å². The molecule has 0 aliphatic carbocycles. The van der Waals surface area contributed by atoms with E-state index in [1.807, 2.05) is 0 Å². The molecule has 0 unspecified atom stereocenters. The van der Waals surface area contributed by atoms with E-state index < -0.39 is 17.7 Å². The van der Waals surface area contributed by atoms with Gasteiger partial charge >= 0.3 is 11.9 Å². The maximum atomic E-state index is 12.1. The van der Waals surface area contributed by atoms with E-state index in [4.69, 9.17) is 4.42 Å². The molecular weight excluding hydrogens is 290 g/mol. The van der Waals surface area contributed by atoms with Gasteiger partial charge in [0.2, 0.25) is 5.78 Å². The average molecular weight is 307 g/mol. The molecule has 118 valence electrons. The number of ketones is 1.